The van der Waals surface area contributed by atoms with Gasteiger partial charge in [-0.1, -0.05) is 53.9 Å². The monoisotopic (exact) mass is 409 g/mol. The first-order valence-corrected chi connectivity index (χ1v) is 11.8. The summed E-state index contributed by atoms with van der Waals surface area (Å²) < 4.78 is 1.83. The van der Waals surface area contributed by atoms with Crippen molar-refractivity contribution in [2.45, 2.75) is 41.4 Å². The molecule has 0 atom stereocenters. The number of benzene rings is 1. The predicted molar refractivity (Wildman–Crippen MR) is 110 cm³/mol. The fraction of sp³-hybridized carbons (Fsp3) is 0.500. The molecule has 1 saturated heterocycles. The number of hydrogen-bond donors (Lipinski definition) is 2. The van der Waals surface area contributed by atoms with E-state index < -0.39 is 0 Å². The van der Waals surface area contributed by atoms with Crippen LogP contribution in [0.5, 0.6) is 0 Å². The number of hydrogen-bond acceptors (Lipinski definition) is 6. The van der Waals surface area contributed by atoms with Crippen molar-refractivity contribution in [2.24, 2.45) is 0 Å². The van der Waals surface area contributed by atoms with Crippen LogP contribution in [0, 0.1) is 0 Å². The van der Waals surface area contributed by atoms with Crippen LogP contribution in [0.2, 0.25) is 0 Å². The second-order valence-corrected chi connectivity index (χ2v) is 9.89. The minimum absolute atomic E-state index is 0.00845. The van der Waals surface area contributed by atoms with Crippen LogP contribution in [0.4, 0.5) is 5.69 Å². The molecule has 1 amide bonds. The fourth-order valence-corrected chi connectivity index (χ4v) is 5.62. The highest BCUT2D eigenvalue weighted by atomic mass is 32.2. The molecule has 1 aliphatic heterocycles. The van der Waals surface area contributed by atoms with Crippen molar-refractivity contribution in [3.05, 3.63) is 29.8 Å². The Morgan fingerprint density at radius 3 is 2.54 bits per heavy atom. The molecule has 2 aromatic rings. The molecule has 8 heteroatoms. The van der Waals surface area contributed by atoms with Gasteiger partial charge in [-0.3, -0.25) is 4.79 Å². The summed E-state index contributed by atoms with van der Waals surface area (Å²) >= 11 is 4.72. The summed E-state index contributed by atoms with van der Waals surface area (Å²) in [5.74, 6) is 1.40. The van der Waals surface area contributed by atoms with Crippen LogP contribution in [0.15, 0.2) is 32.9 Å². The summed E-state index contributed by atoms with van der Waals surface area (Å²) in [5.41, 5.74) is 2.19. The van der Waals surface area contributed by atoms with E-state index in [-0.39, 0.29) is 5.91 Å². The molecule has 2 heterocycles. The highest BCUT2D eigenvalue weighted by Crippen LogP contribution is 2.29. The lowest BCUT2D eigenvalue weighted by atomic mass is 10.2. The molecule has 2 N–H and O–H groups in total. The maximum Gasteiger partial charge on any atom is 0.234 e. The first-order valence-electron chi connectivity index (χ1n) is 9.04. The molecule has 140 valence electrons. The van der Waals surface area contributed by atoms with E-state index in [4.69, 9.17) is 0 Å². The lowest BCUT2D eigenvalue weighted by Gasteiger charge is -2.12. The third-order valence-electron chi connectivity index (χ3n) is 4.15. The Kier molecular flexibility index (Phi) is 7.79. The zero-order chi connectivity index (χ0) is 18.2. The molecule has 1 aliphatic rings. The number of thioether (sulfide) groups is 2. The lowest BCUT2D eigenvalue weighted by molar-refractivity contribution is -0.901. The van der Waals surface area contributed by atoms with Gasteiger partial charge in [-0.15, -0.1) is 10.2 Å². The van der Waals surface area contributed by atoms with Gasteiger partial charge in [0, 0.05) is 29.8 Å². The van der Waals surface area contributed by atoms with Crippen molar-refractivity contribution < 1.29 is 9.69 Å². The Hall–Kier alpha value is -1.09. The van der Waals surface area contributed by atoms with Crippen molar-refractivity contribution in [2.75, 3.05) is 29.9 Å². The van der Waals surface area contributed by atoms with E-state index in [1.165, 1.54) is 43.3 Å². The summed E-state index contributed by atoms with van der Waals surface area (Å²) in [4.78, 5) is 13.8. The predicted octanol–water partition coefficient (Wildman–Crippen LogP) is 2.95. The quantitative estimate of drug-likeness (QED) is 0.624. The molecule has 0 unspecified atom stereocenters. The normalized spacial score (nSPS) is 14.7. The molecule has 0 radical (unpaired) electrons. The van der Waals surface area contributed by atoms with Gasteiger partial charge in [0.15, 0.2) is 8.68 Å². The number of carbonyl (C=O) groups excluding carboxylic acids is 1. The number of likely N-dealkylation sites (tertiary alicyclic amines) is 1. The Bertz CT molecular complexity index is 699. The fourth-order valence-electron chi connectivity index (χ4n) is 2.87. The van der Waals surface area contributed by atoms with E-state index in [1.807, 2.05) is 12.1 Å². The van der Waals surface area contributed by atoms with E-state index in [9.17, 15) is 4.79 Å². The first kappa shape index (κ1) is 19.7. The Labute approximate surface area is 167 Å². The Balaban J connectivity index is 1.41. The molecule has 5 nitrogen and oxygen atoms in total. The van der Waals surface area contributed by atoms with Gasteiger partial charge in [0.05, 0.1) is 18.8 Å². The number of anilines is 1. The van der Waals surface area contributed by atoms with E-state index in [2.05, 4.69) is 34.6 Å². The van der Waals surface area contributed by atoms with Gasteiger partial charge in [-0.2, -0.15) is 0 Å². The Morgan fingerprint density at radius 2 is 1.85 bits per heavy atom. The maximum atomic E-state index is 12.1. The van der Waals surface area contributed by atoms with E-state index in [0.717, 1.165) is 33.1 Å². The Morgan fingerprint density at radius 1 is 1.15 bits per heavy atom. The van der Waals surface area contributed by atoms with Gasteiger partial charge in [0.2, 0.25) is 5.91 Å². The summed E-state index contributed by atoms with van der Waals surface area (Å²) in [7, 11) is 0. The molecule has 0 aliphatic carbocycles. The summed E-state index contributed by atoms with van der Waals surface area (Å²) in [5, 5.41) is 11.2. The second kappa shape index (κ2) is 10.3. The molecular weight excluding hydrogens is 384 g/mol. The van der Waals surface area contributed by atoms with Crippen LogP contribution in [-0.2, 0) is 11.3 Å². The molecule has 1 fully saturated rings. The van der Waals surface area contributed by atoms with E-state index in [1.54, 1.807) is 28.0 Å². The van der Waals surface area contributed by atoms with Gasteiger partial charge in [-0.25, -0.2) is 0 Å². The van der Waals surface area contributed by atoms with E-state index >= 15 is 0 Å². The van der Waals surface area contributed by atoms with Crippen molar-refractivity contribution in [3.63, 3.8) is 0 Å². The molecule has 0 spiro atoms. The number of nitrogens with zero attached hydrogens (tertiary/aromatic N) is 2. The molecular formula is C18H25N4OS3+. The summed E-state index contributed by atoms with van der Waals surface area (Å²) in [6, 6.07) is 8.24. The molecule has 1 aromatic carbocycles. The van der Waals surface area contributed by atoms with Gasteiger partial charge >= 0.3 is 0 Å². The van der Waals surface area contributed by atoms with Crippen LogP contribution in [0.25, 0.3) is 0 Å². The van der Waals surface area contributed by atoms with Crippen molar-refractivity contribution in [3.8, 4) is 0 Å². The van der Waals surface area contributed by atoms with Crippen molar-refractivity contribution in [1.82, 2.24) is 10.2 Å². The van der Waals surface area contributed by atoms with Crippen LogP contribution in [-0.4, -0.2) is 40.7 Å². The molecule has 26 heavy (non-hydrogen) atoms. The standard InChI is InChI=1S/C18H24N4OS3/c1-2-11-24-17-20-21-18(26-17)25-13-16(23)19-15-7-5-14(6-8-15)12-22-9-3-4-10-22/h5-8H,2-4,9-13H2,1H3,(H,19,23)/p+1. The summed E-state index contributed by atoms with van der Waals surface area (Å²) in [6.07, 6.45) is 3.80. The highest BCUT2D eigenvalue weighted by Gasteiger charge is 2.15. The van der Waals surface area contributed by atoms with Gasteiger partial charge < -0.3 is 10.2 Å². The largest absolute Gasteiger partial charge is 0.331 e. The SMILES string of the molecule is CCCSc1nnc(SCC(=O)Nc2ccc(C[NH+]3CCCC3)cc2)s1. The van der Waals surface area contributed by atoms with Gasteiger partial charge in [-0.05, 0) is 18.6 Å². The molecule has 1 aromatic heterocycles. The van der Waals surface area contributed by atoms with Gasteiger partial charge in [0.1, 0.15) is 6.54 Å². The minimum Gasteiger partial charge on any atom is -0.331 e. The van der Waals surface area contributed by atoms with Crippen LogP contribution < -0.4 is 10.2 Å². The minimum atomic E-state index is -0.00845. The number of rotatable bonds is 9. The third-order valence-corrected chi connectivity index (χ3v) is 7.54. The van der Waals surface area contributed by atoms with Crippen molar-refractivity contribution in [1.29, 1.82) is 0 Å². The number of amides is 1. The second-order valence-electron chi connectivity index (χ2n) is 6.35. The number of aromatic nitrogens is 2. The first-order chi connectivity index (χ1) is 12.7. The van der Waals surface area contributed by atoms with Crippen LogP contribution in [0.1, 0.15) is 31.7 Å². The topological polar surface area (TPSA) is 59.3 Å². The highest BCUT2D eigenvalue weighted by molar-refractivity contribution is 8.03. The number of carbonyl (C=O) groups is 1. The molecule has 0 saturated carbocycles. The lowest BCUT2D eigenvalue weighted by Crippen LogP contribution is -3.08. The average molecular weight is 410 g/mol. The summed E-state index contributed by atoms with van der Waals surface area (Å²) in [6.45, 7) is 5.79. The van der Waals surface area contributed by atoms with E-state index in [0.29, 0.717) is 5.75 Å². The zero-order valence-electron chi connectivity index (χ0n) is 15.0. The molecule has 0 bridgehead atoms. The average Bonchev–Trinajstić information content (AvgIpc) is 3.32. The third kappa shape index (κ3) is 6.26. The van der Waals surface area contributed by atoms with Crippen LogP contribution >= 0.6 is 34.9 Å². The number of quaternary nitrogens is 1. The zero-order valence-corrected chi connectivity index (χ0v) is 17.4. The number of nitrogens with one attached hydrogen (secondary N) is 2. The van der Waals surface area contributed by atoms with Crippen molar-refractivity contribution >= 4 is 46.5 Å². The van der Waals surface area contributed by atoms with Crippen LogP contribution in [0.3, 0.4) is 0 Å². The smallest absolute Gasteiger partial charge is 0.234 e. The molecule has 3 rings (SSSR count). The maximum absolute atomic E-state index is 12.1. The van der Waals surface area contributed by atoms with Gasteiger partial charge in [0.25, 0.3) is 0 Å².